The smallest absolute Gasteiger partial charge is 0.268 e. The maximum Gasteiger partial charge on any atom is 0.268 e. The fourth-order valence-corrected chi connectivity index (χ4v) is 9.28. The number of fused-ring (bicyclic) bond motifs is 3. The van der Waals surface area contributed by atoms with Gasteiger partial charge in [-0.1, -0.05) is 6.07 Å². The Hall–Kier alpha value is -2.21. The molecule has 180 valence electrons. The third kappa shape index (κ3) is 3.20. The molecule has 1 amide bonds. The minimum atomic E-state index is 0.0258. The van der Waals surface area contributed by atoms with Crippen molar-refractivity contribution in [2.75, 3.05) is 19.6 Å². The normalized spacial score (nSPS) is 37.8. The molecule has 2 aromatic heterocycles. The Morgan fingerprint density at radius 2 is 2.09 bits per heavy atom. The number of nitrogens with zero attached hydrogens (tertiary/aromatic N) is 3. The first-order valence-electron chi connectivity index (χ1n) is 13.4. The van der Waals surface area contributed by atoms with Crippen molar-refractivity contribution in [3.8, 4) is 0 Å². The Morgan fingerprint density at radius 3 is 2.97 bits per heavy atom. The highest BCUT2D eigenvalue weighted by Gasteiger charge is 2.70. The third-order valence-electron chi connectivity index (χ3n) is 10.3. The average Bonchev–Trinajstić information content (AvgIpc) is 3.49. The number of carbonyl (C=O) groups is 2. The van der Waals surface area contributed by atoms with E-state index in [0.29, 0.717) is 28.9 Å². The topological polar surface area (TPSA) is 66.7 Å². The molecule has 1 N–H and O–H groups in total. The van der Waals surface area contributed by atoms with E-state index in [1.165, 1.54) is 38.5 Å². The van der Waals surface area contributed by atoms with Crippen LogP contribution in [0.15, 0.2) is 24.4 Å². The molecular formula is C28H36N4O2. The number of Topliss-reactive ketones (excluding diaryl/α,β-unsaturated/α-hetero) is 1. The standard InChI is InChI=1S/C28H36N4O2/c1-18(33)7-19-5-6-31(13-19)14-23-15-32-24(3-2-4-25(32)30-23)26(34)29-17-27-10-20-8-21-9-22(12-27)28(21,11-20)16-27/h2-4,15,19-22H,5-14,16-17H2,1H3,(H,29,34)/t19-,20?,21?,22?,27?,28?/m0/s1. The molecule has 5 unspecified atom stereocenters. The number of ketones is 1. The lowest BCUT2D eigenvalue weighted by Crippen LogP contribution is -2.43. The number of hydrogen-bond acceptors (Lipinski definition) is 4. The van der Waals surface area contributed by atoms with E-state index in [2.05, 4.69) is 10.2 Å². The van der Waals surface area contributed by atoms with Gasteiger partial charge >= 0.3 is 0 Å². The first kappa shape index (κ1) is 21.1. The number of likely N-dealkylation sites (tertiary alicyclic amines) is 1. The summed E-state index contributed by atoms with van der Waals surface area (Å²) in [6, 6.07) is 5.84. The molecule has 5 aliphatic rings. The number of nitrogens with one attached hydrogen (secondary N) is 1. The average molecular weight is 461 g/mol. The van der Waals surface area contributed by atoms with Gasteiger partial charge in [0.15, 0.2) is 0 Å². The van der Waals surface area contributed by atoms with Crippen molar-refractivity contribution in [1.29, 1.82) is 0 Å². The van der Waals surface area contributed by atoms with Gasteiger partial charge in [-0.15, -0.1) is 0 Å². The molecule has 6 nitrogen and oxygen atoms in total. The van der Waals surface area contributed by atoms with Crippen LogP contribution in [0.5, 0.6) is 0 Å². The summed E-state index contributed by atoms with van der Waals surface area (Å²) in [5.41, 5.74) is 3.50. The van der Waals surface area contributed by atoms with Gasteiger partial charge in [-0.05, 0) is 105 Å². The van der Waals surface area contributed by atoms with Gasteiger partial charge in [0, 0.05) is 32.3 Å². The van der Waals surface area contributed by atoms with Gasteiger partial charge < -0.3 is 10.1 Å². The number of pyridine rings is 1. The lowest BCUT2D eigenvalue weighted by atomic mass is 9.55. The summed E-state index contributed by atoms with van der Waals surface area (Å²) in [6.45, 7) is 5.24. The van der Waals surface area contributed by atoms with Gasteiger partial charge in [0.25, 0.3) is 5.91 Å². The van der Waals surface area contributed by atoms with Crippen LogP contribution in [0.4, 0.5) is 0 Å². The zero-order valence-corrected chi connectivity index (χ0v) is 20.3. The van der Waals surface area contributed by atoms with E-state index in [1.807, 2.05) is 28.8 Å². The number of rotatable bonds is 7. The lowest BCUT2D eigenvalue weighted by Gasteiger charge is -2.49. The number of imidazole rings is 1. The van der Waals surface area contributed by atoms with E-state index >= 15 is 0 Å². The molecule has 1 spiro atoms. The molecule has 1 saturated heterocycles. The molecule has 0 radical (unpaired) electrons. The molecular weight excluding hydrogens is 424 g/mol. The number of hydrogen-bond donors (Lipinski definition) is 1. The third-order valence-corrected chi connectivity index (χ3v) is 10.3. The monoisotopic (exact) mass is 460 g/mol. The predicted octanol–water partition coefficient (Wildman–Crippen LogP) is 4.08. The lowest BCUT2D eigenvalue weighted by molar-refractivity contribution is -0.117. The molecule has 6 heteroatoms. The van der Waals surface area contributed by atoms with Gasteiger partial charge in [-0.3, -0.25) is 14.1 Å². The largest absolute Gasteiger partial charge is 0.350 e. The number of carbonyl (C=O) groups excluding carboxylic acids is 2. The minimum Gasteiger partial charge on any atom is -0.350 e. The van der Waals surface area contributed by atoms with E-state index in [1.54, 1.807) is 6.92 Å². The van der Waals surface area contributed by atoms with Crippen molar-refractivity contribution in [2.45, 2.75) is 64.8 Å². The Labute approximate surface area is 201 Å². The van der Waals surface area contributed by atoms with Gasteiger partial charge in [0.2, 0.25) is 0 Å². The van der Waals surface area contributed by atoms with E-state index in [9.17, 15) is 9.59 Å². The van der Waals surface area contributed by atoms with E-state index in [0.717, 1.165) is 61.7 Å². The van der Waals surface area contributed by atoms with Crippen molar-refractivity contribution in [3.63, 3.8) is 0 Å². The summed E-state index contributed by atoms with van der Waals surface area (Å²) in [5.74, 6) is 3.60. The summed E-state index contributed by atoms with van der Waals surface area (Å²) < 4.78 is 1.96. The van der Waals surface area contributed by atoms with Gasteiger partial charge in [-0.25, -0.2) is 4.98 Å². The van der Waals surface area contributed by atoms with Crippen LogP contribution < -0.4 is 5.32 Å². The molecule has 1 aliphatic heterocycles. The first-order valence-corrected chi connectivity index (χ1v) is 13.4. The zero-order chi connectivity index (χ0) is 23.1. The van der Waals surface area contributed by atoms with Crippen molar-refractivity contribution in [2.24, 2.45) is 34.5 Å². The molecule has 3 heterocycles. The molecule has 3 bridgehead atoms. The Balaban J connectivity index is 1.04. The van der Waals surface area contributed by atoms with Crippen LogP contribution in [-0.2, 0) is 11.3 Å². The highest BCUT2D eigenvalue weighted by molar-refractivity contribution is 5.93. The maximum absolute atomic E-state index is 13.3. The predicted molar refractivity (Wildman–Crippen MR) is 129 cm³/mol. The Bertz CT molecular complexity index is 1170. The molecule has 7 rings (SSSR count). The van der Waals surface area contributed by atoms with Crippen LogP contribution in [-0.4, -0.2) is 45.6 Å². The number of amides is 1. The summed E-state index contributed by atoms with van der Waals surface area (Å²) >= 11 is 0. The Morgan fingerprint density at radius 1 is 1.18 bits per heavy atom. The summed E-state index contributed by atoms with van der Waals surface area (Å²) in [7, 11) is 0. The van der Waals surface area contributed by atoms with Gasteiger partial charge in [0.05, 0.1) is 5.69 Å². The van der Waals surface area contributed by atoms with E-state index in [-0.39, 0.29) is 11.7 Å². The second-order valence-electron chi connectivity index (χ2n) is 12.6. The molecule has 4 saturated carbocycles. The maximum atomic E-state index is 13.3. The van der Waals surface area contributed by atoms with Crippen LogP contribution in [0.25, 0.3) is 5.65 Å². The van der Waals surface area contributed by atoms with Crippen molar-refractivity contribution < 1.29 is 9.59 Å². The summed E-state index contributed by atoms with van der Waals surface area (Å²) in [5, 5.41) is 3.36. The van der Waals surface area contributed by atoms with Crippen LogP contribution >= 0.6 is 0 Å². The van der Waals surface area contributed by atoms with Gasteiger partial charge in [-0.2, -0.15) is 0 Å². The van der Waals surface area contributed by atoms with Crippen LogP contribution in [0.3, 0.4) is 0 Å². The van der Waals surface area contributed by atoms with Crippen LogP contribution in [0.1, 0.15) is 74.5 Å². The molecule has 0 aromatic carbocycles. The quantitative estimate of drug-likeness (QED) is 0.676. The van der Waals surface area contributed by atoms with Crippen LogP contribution in [0.2, 0.25) is 0 Å². The highest BCUT2D eigenvalue weighted by atomic mass is 16.2. The molecule has 6 atom stereocenters. The molecule has 5 fully saturated rings. The first-order chi connectivity index (χ1) is 16.4. The zero-order valence-electron chi connectivity index (χ0n) is 20.3. The minimum absolute atomic E-state index is 0.0258. The second kappa shape index (κ2) is 7.39. The molecule has 2 aromatic rings. The van der Waals surface area contributed by atoms with Crippen molar-refractivity contribution in [1.82, 2.24) is 19.6 Å². The molecule has 4 aliphatic carbocycles. The van der Waals surface area contributed by atoms with E-state index < -0.39 is 0 Å². The fourth-order valence-electron chi connectivity index (χ4n) is 9.28. The second-order valence-corrected chi connectivity index (χ2v) is 12.6. The number of aromatic nitrogens is 2. The highest BCUT2D eigenvalue weighted by Crippen LogP contribution is 2.78. The summed E-state index contributed by atoms with van der Waals surface area (Å²) in [6.07, 6.45) is 12.2. The molecule has 34 heavy (non-hydrogen) atoms. The summed E-state index contributed by atoms with van der Waals surface area (Å²) in [4.78, 5) is 32.0. The van der Waals surface area contributed by atoms with Crippen molar-refractivity contribution in [3.05, 3.63) is 35.8 Å². The SMILES string of the molecule is CC(=O)C[C@@H]1CCN(Cc2cn3c(C(=O)NCC45CC6CC7CC(C4)C7(C6)C5)cccc3n2)C1. The Kier molecular flexibility index (Phi) is 4.59. The van der Waals surface area contributed by atoms with E-state index in [4.69, 9.17) is 4.98 Å². The van der Waals surface area contributed by atoms with Gasteiger partial charge in [0.1, 0.15) is 17.1 Å². The van der Waals surface area contributed by atoms with Crippen LogP contribution in [0, 0.1) is 34.5 Å². The van der Waals surface area contributed by atoms with Crippen molar-refractivity contribution >= 4 is 17.3 Å². The fraction of sp³-hybridized carbons (Fsp3) is 0.679.